The number of nitrogens with one attached hydrogen (secondary N) is 1. The van der Waals surface area contributed by atoms with Crippen molar-refractivity contribution in [1.29, 1.82) is 0 Å². The Bertz CT molecular complexity index is 374. The molecule has 1 N–H and O–H groups in total. The normalized spacial score (nSPS) is 18.0. The molecule has 1 heterocycles. The maximum Gasteiger partial charge on any atom is 0.0652 e. The fourth-order valence-corrected chi connectivity index (χ4v) is 2.34. The molecule has 18 heavy (non-hydrogen) atoms. The summed E-state index contributed by atoms with van der Waals surface area (Å²) in [4.78, 5) is 0. The summed E-state index contributed by atoms with van der Waals surface area (Å²) in [7, 11) is 2.06. The van der Waals surface area contributed by atoms with Crippen molar-refractivity contribution >= 4 is 0 Å². The summed E-state index contributed by atoms with van der Waals surface area (Å²) in [6.45, 7) is 7.98. The first kappa shape index (κ1) is 13.6. The Morgan fingerprint density at radius 1 is 1.44 bits per heavy atom. The van der Waals surface area contributed by atoms with E-state index < -0.39 is 0 Å². The minimum Gasteiger partial charge on any atom is -0.374 e. The molecule has 0 aliphatic heterocycles. The van der Waals surface area contributed by atoms with E-state index in [0.29, 0.717) is 6.04 Å². The summed E-state index contributed by atoms with van der Waals surface area (Å²) in [6, 6.07) is 2.77. The molecule has 3 nitrogen and oxygen atoms in total. The summed E-state index contributed by atoms with van der Waals surface area (Å²) in [5, 5.41) is 3.43. The van der Waals surface area contributed by atoms with Crippen molar-refractivity contribution in [2.45, 2.75) is 51.8 Å². The summed E-state index contributed by atoms with van der Waals surface area (Å²) in [6.07, 6.45) is 7.15. The van der Waals surface area contributed by atoms with Crippen LogP contribution in [0.3, 0.4) is 0 Å². The molecule has 0 radical (unpaired) electrons. The molecule has 1 atom stereocenters. The highest BCUT2D eigenvalue weighted by Gasteiger charge is 2.31. The lowest BCUT2D eigenvalue weighted by atomic mass is 10.1. The molecule has 1 aromatic heterocycles. The minimum atomic E-state index is -0.0441. The summed E-state index contributed by atoms with van der Waals surface area (Å²) >= 11 is 0. The largest absolute Gasteiger partial charge is 0.374 e. The van der Waals surface area contributed by atoms with Crippen LogP contribution in [-0.2, 0) is 11.3 Å². The Hall–Kier alpha value is -0.800. The van der Waals surface area contributed by atoms with Crippen molar-refractivity contribution in [3.05, 3.63) is 24.0 Å². The number of aromatic nitrogens is 1. The predicted octanol–water partition coefficient (Wildman–Crippen LogP) is 2.97. The van der Waals surface area contributed by atoms with Crippen LogP contribution in [0.25, 0.3) is 0 Å². The van der Waals surface area contributed by atoms with Gasteiger partial charge in [-0.3, -0.25) is 0 Å². The van der Waals surface area contributed by atoms with E-state index in [4.69, 9.17) is 4.74 Å². The van der Waals surface area contributed by atoms with Crippen LogP contribution in [0.15, 0.2) is 18.5 Å². The van der Waals surface area contributed by atoms with Gasteiger partial charge < -0.3 is 14.6 Å². The van der Waals surface area contributed by atoms with Gasteiger partial charge in [-0.2, -0.15) is 0 Å². The molecular weight excluding hydrogens is 224 g/mol. The molecule has 0 aromatic carbocycles. The van der Waals surface area contributed by atoms with Gasteiger partial charge in [0.2, 0.25) is 0 Å². The van der Waals surface area contributed by atoms with Crippen molar-refractivity contribution in [2.24, 2.45) is 5.92 Å². The van der Waals surface area contributed by atoms with Gasteiger partial charge in [-0.05, 0) is 58.2 Å². The second-order valence-electron chi connectivity index (χ2n) is 6.25. The number of hydrogen-bond acceptors (Lipinski definition) is 2. The topological polar surface area (TPSA) is 26.2 Å². The zero-order valence-electron chi connectivity index (χ0n) is 12.1. The Morgan fingerprint density at radius 3 is 2.72 bits per heavy atom. The quantitative estimate of drug-likeness (QED) is 0.840. The molecule has 1 aromatic rings. The zero-order valence-corrected chi connectivity index (χ0v) is 12.1. The number of hydrogen-bond donors (Lipinski definition) is 1. The van der Waals surface area contributed by atoms with E-state index in [1.165, 1.54) is 18.4 Å². The lowest BCUT2D eigenvalue weighted by Crippen LogP contribution is -2.21. The molecule has 102 valence electrons. The molecule has 0 spiro atoms. The van der Waals surface area contributed by atoms with Gasteiger partial charge in [-0.1, -0.05) is 0 Å². The molecule has 3 heteroatoms. The monoisotopic (exact) mass is 250 g/mol. The lowest BCUT2D eigenvalue weighted by Gasteiger charge is -2.19. The van der Waals surface area contributed by atoms with Crippen LogP contribution in [0.2, 0.25) is 0 Å². The van der Waals surface area contributed by atoms with Crippen LogP contribution in [0.1, 0.15) is 45.2 Å². The fourth-order valence-electron chi connectivity index (χ4n) is 2.34. The van der Waals surface area contributed by atoms with Crippen LogP contribution in [0, 0.1) is 5.92 Å². The highest BCUT2D eigenvalue weighted by atomic mass is 16.5. The summed E-state index contributed by atoms with van der Waals surface area (Å²) < 4.78 is 7.98. The third-order valence-corrected chi connectivity index (χ3v) is 3.42. The van der Waals surface area contributed by atoms with Crippen molar-refractivity contribution in [3.8, 4) is 0 Å². The van der Waals surface area contributed by atoms with E-state index in [1.54, 1.807) is 0 Å². The Morgan fingerprint density at radius 2 is 2.17 bits per heavy atom. The first-order valence-electron chi connectivity index (χ1n) is 6.96. The zero-order chi connectivity index (χ0) is 13.2. The molecule has 1 aliphatic rings. The predicted molar refractivity (Wildman–Crippen MR) is 74.7 cm³/mol. The maximum atomic E-state index is 5.75. The van der Waals surface area contributed by atoms with Crippen LogP contribution < -0.4 is 5.32 Å². The highest BCUT2D eigenvalue weighted by Crippen LogP contribution is 2.40. The first-order chi connectivity index (χ1) is 8.49. The van der Waals surface area contributed by atoms with Crippen LogP contribution in [0.4, 0.5) is 0 Å². The molecule has 1 unspecified atom stereocenters. The number of ether oxygens (including phenoxy) is 1. The van der Waals surface area contributed by atoms with Gasteiger partial charge in [-0.15, -0.1) is 0 Å². The highest BCUT2D eigenvalue weighted by molar-refractivity contribution is 5.18. The van der Waals surface area contributed by atoms with Gasteiger partial charge in [0.05, 0.1) is 12.2 Å². The van der Waals surface area contributed by atoms with Gasteiger partial charge in [0.25, 0.3) is 0 Å². The second-order valence-corrected chi connectivity index (χ2v) is 6.25. The number of rotatable bonds is 6. The molecule has 1 fully saturated rings. The van der Waals surface area contributed by atoms with E-state index in [-0.39, 0.29) is 5.60 Å². The van der Waals surface area contributed by atoms with Gasteiger partial charge in [0.15, 0.2) is 0 Å². The van der Waals surface area contributed by atoms with Crippen molar-refractivity contribution in [3.63, 3.8) is 0 Å². The standard InChI is InChI=1S/C15H26N2O/c1-15(2,3)18-10-9-17-8-7-13(11-17)14(16-4)12-5-6-12/h7-8,11-12,14,16H,5-6,9-10H2,1-4H3. The van der Waals surface area contributed by atoms with Crippen LogP contribution in [0.5, 0.6) is 0 Å². The second kappa shape index (κ2) is 5.45. The Labute approximate surface area is 111 Å². The molecule has 0 amide bonds. The maximum absolute atomic E-state index is 5.75. The molecule has 0 saturated heterocycles. The first-order valence-corrected chi connectivity index (χ1v) is 6.96. The van der Waals surface area contributed by atoms with E-state index in [0.717, 1.165) is 19.1 Å². The number of nitrogens with zero attached hydrogens (tertiary/aromatic N) is 1. The van der Waals surface area contributed by atoms with Gasteiger partial charge >= 0.3 is 0 Å². The third kappa shape index (κ3) is 3.85. The molecular formula is C15H26N2O. The van der Waals surface area contributed by atoms with Gasteiger partial charge in [0, 0.05) is 25.0 Å². The Balaban J connectivity index is 1.85. The molecule has 0 bridgehead atoms. The van der Waals surface area contributed by atoms with Crippen molar-refractivity contribution in [1.82, 2.24) is 9.88 Å². The van der Waals surface area contributed by atoms with Gasteiger partial charge in [0.1, 0.15) is 0 Å². The van der Waals surface area contributed by atoms with E-state index in [9.17, 15) is 0 Å². The van der Waals surface area contributed by atoms with E-state index >= 15 is 0 Å². The SMILES string of the molecule is CNC(c1ccn(CCOC(C)(C)C)c1)C1CC1. The molecule has 1 aliphatic carbocycles. The van der Waals surface area contributed by atoms with Crippen LogP contribution in [-0.4, -0.2) is 23.8 Å². The van der Waals surface area contributed by atoms with Crippen molar-refractivity contribution in [2.75, 3.05) is 13.7 Å². The van der Waals surface area contributed by atoms with Crippen LogP contribution >= 0.6 is 0 Å². The van der Waals surface area contributed by atoms with Gasteiger partial charge in [-0.25, -0.2) is 0 Å². The summed E-state index contributed by atoms with van der Waals surface area (Å²) in [5.74, 6) is 0.844. The molecule has 2 rings (SSSR count). The Kier molecular flexibility index (Phi) is 4.13. The minimum absolute atomic E-state index is 0.0441. The third-order valence-electron chi connectivity index (χ3n) is 3.42. The average Bonchev–Trinajstić information content (AvgIpc) is 2.99. The average molecular weight is 250 g/mol. The fraction of sp³-hybridized carbons (Fsp3) is 0.733. The van der Waals surface area contributed by atoms with E-state index in [2.05, 4.69) is 56.2 Å². The smallest absolute Gasteiger partial charge is 0.0652 e. The molecule has 1 saturated carbocycles. The summed E-state index contributed by atoms with van der Waals surface area (Å²) in [5.41, 5.74) is 1.37. The van der Waals surface area contributed by atoms with Crippen molar-refractivity contribution < 1.29 is 4.74 Å². The lowest BCUT2D eigenvalue weighted by molar-refractivity contribution is -0.00680. The van der Waals surface area contributed by atoms with E-state index in [1.807, 2.05) is 0 Å².